The van der Waals surface area contributed by atoms with Gasteiger partial charge in [0, 0.05) is 40.1 Å². The molecule has 1 N–H and O–H groups in total. The minimum Gasteiger partial charge on any atom is -0.453 e. The third kappa shape index (κ3) is 7.80. The minimum absolute atomic E-state index is 0.600. The van der Waals surface area contributed by atoms with Gasteiger partial charge in [0.2, 0.25) is 0 Å². The highest BCUT2D eigenvalue weighted by Crippen LogP contribution is 2.37. The van der Waals surface area contributed by atoms with Gasteiger partial charge in [-0.2, -0.15) is 0 Å². The normalized spacial score (nSPS) is 10.8. The van der Waals surface area contributed by atoms with Crippen LogP contribution in [0.5, 0.6) is 11.5 Å². The maximum Gasteiger partial charge on any atom is 0.194 e. The lowest BCUT2D eigenvalue weighted by Crippen LogP contribution is -1.98. The summed E-state index contributed by atoms with van der Waals surface area (Å²) in [5, 5.41) is 6.13. The van der Waals surface area contributed by atoms with Crippen LogP contribution in [0.1, 0.15) is 49.4 Å². The molecular weight excluding hydrogens is 539 g/mol. The number of para-hydroxylation sites is 1. The minimum atomic E-state index is 0.600. The maximum atomic E-state index is 6.26. The summed E-state index contributed by atoms with van der Waals surface area (Å²) in [5.74, 6) is 3.49. The number of aromatic nitrogens is 4. The predicted molar refractivity (Wildman–Crippen MR) is 164 cm³/mol. The number of anilines is 2. The van der Waals surface area contributed by atoms with Crippen LogP contribution in [0.15, 0.2) is 86.7 Å². The van der Waals surface area contributed by atoms with Gasteiger partial charge in [-0.1, -0.05) is 49.9 Å². The summed E-state index contributed by atoms with van der Waals surface area (Å²) in [4.78, 5) is 20.3. The second kappa shape index (κ2) is 14.4. The fraction of sp³-hybridized carbons (Fsp3) is 0.226. The topological polar surface area (TPSA) is 86.0 Å². The zero-order chi connectivity index (χ0) is 28.3. The molecule has 0 aliphatic heterocycles. The molecular formula is C31H33N5O2S2. The zero-order valence-electron chi connectivity index (χ0n) is 23.3. The first-order chi connectivity index (χ1) is 19.6. The molecule has 40 heavy (non-hydrogen) atoms. The molecule has 5 aromatic rings. The number of allylic oxidation sites excluding steroid dienone is 1. The molecule has 206 valence electrons. The van der Waals surface area contributed by atoms with E-state index in [9.17, 15) is 0 Å². The van der Waals surface area contributed by atoms with Crippen molar-refractivity contribution in [2.75, 3.05) is 5.32 Å². The van der Waals surface area contributed by atoms with E-state index in [-0.39, 0.29) is 0 Å². The van der Waals surface area contributed by atoms with E-state index >= 15 is 0 Å². The van der Waals surface area contributed by atoms with Crippen molar-refractivity contribution in [3.8, 4) is 11.5 Å². The SMILES string of the molecule is C/C=C\c1nccc(Sc2cnc(Nc3nc(CCc4ncc(C)o4)cs3)c(Oc3ccccc3)c2)c1C.CC. The quantitative estimate of drug-likeness (QED) is 0.178. The first-order valence-electron chi connectivity index (χ1n) is 13.2. The number of thiazole rings is 1. The van der Waals surface area contributed by atoms with Gasteiger partial charge in [0.25, 0.3) is 0 Å². The van der Waals surface area contributed by atoms with Gasteiger partial charge in [-0.05, 0) is 57.0 Å². The van der Waals surface area contributed by atoms with Crippen LogP contribution >= 0.6 is 23.1 Å². The van der Waals surface area contributed by atoms with Crippen LogP contribution in [0.3, 0.4) is 0 Å². The molecule has 0 saturated heterocycles. The van der Waals surface area contributed by atoms with E-state index in [1.807, 2.05) is 100 Å². The van der Waals surface area contributed by atoms with Gasteiger partial charge in [-0.25, -0.2) is 15.0 Å². The van der Waals surface area contributed by atoms with Gasteiger partial charge in [-0.3, -0.25) is 4.98 Å². The average molecular weight is 572 g/mol. The van der Waals surface area contributed by atoms with E-state index < -0.39 is 0 Å². The molecule has 0 saturated carbocycles. The number of rotatable bonds is 10. The Morgan fingerprint density at radius 2 is 1.85 bits per heavy atom. The summed E-state index contributed by atoms with van der Waals surface area (Å²) in [6.45, 7) is 9.97. The largest absolute Gasteiger partial charge is 0.453 e. The van der Waals surface area contributed by atoms with E-state index in [2.05, 4.69) is 22.2 Å². The number of hydrogen-bond donors (Lipinski definition) is 1. The zero-order valence-corrected chi connectivity index (χ0v) is 25.0. The second-order valence-corrected chi connectivity index (χ2v) is 10.5. The fourth-order valence-electron chi connectivity index (χ4n) is 3.70. The highest BCUT2D eigenvalue weighted by molar-refractivity contribution is 7.99. The summed E-state index contributed by atoms with van der Waals surface area (Å²) in [6, 6.07) is 13.7. The molecule has 7 nitrogen and oxygen atoms in total. The van der Waals surface area contributed by atoms with E-state index in [1.165, 1.54) is 11.3 Å². The average Bonchev–Trinajstić information content (AvgIpc) is 3.61. The maximum absolute atomic E-state index is 6.26. The van der Waals surface area contributed by atoms with Gasteiger partial charge in [0.15, 0.2) is 22.6 Å². The van der Waals surface area contributed by atoms with Crippen molar-refractivity contribution >= 4 is 40.1 Å². The Labute approximate surface area is 243 Å². The van der Waals surface area contributed by atoms with Crippen LogP contribution in [-0.2, 0) is 12.8 Å². The summed E-state index contributed by atoms with van der Waals surface area (Å²) in [5.41, 5.74) is 3.05. The number of ether oxygens (including phenoxy) is 1. The molecule has 4 heterocycles. The molecule has 0 radical (unpaired) electrons. The van der Waals surface area contributed by atoms with Gasteiger partial charge >= 0.3 is 0 Å². The third-order valence-corrected chi connectivity index (χ3v) is 7.51. The number of benzene rings is 1. The lowest BCUT2D eigenvalue weighted by molar-refractivity contribution is 0.470. The van der Waals surface area contributed by atoms with Gasteiger partial charge in [-0.15, -0.1) is 11.3 Å². The highest BCUT2D eigenvalue weighted by Gasteiger charge is 2.14. The van der Waals surface area contributed by atoms with Gasteiger partial charge < -0.3 is 14.5 Å². The molecule has 0 unspecified atom stereocenters. The van der Waals surface area contributed by atoms with Crippen LogP contribution < -0.4 is 10.1 Å². The van der Waals surface area contributed by atoms with Crippen LogP contribution in [0, 0.1) is 13.8 Å². The van der Waals surface area contributed by atoms with Crippen molar-refractivity contribution in [1.82, 2.24) is 19.9 Å². The van der Waals surface area contributed by atoms with Crippen LogP contribution in [0.2, 0.25) is 0 Å². The molecule has 0 spiro atoms. The van der Waals surface area contributed by atoms with E-state index in [0.717, 1.165) is 55.7 Å². The second-order valence-electron chi connectivity index (χ2n) is 8.49. The summed E-state index contributed by atoms with van der Waals surface area (Å²) < 4.78 is 11.8. The van der Waals surface area contributed by atoms with E-state index in [1.54, 1.807) is 18.0 Å². The molecule has 0 aliphatic carbocycles. The molecule has 0 atom stereocenters. The summed E-state index contributed by atoms with van der Waals surface area (Å²) >= 11 is 3.16. The molecule has 5 rings (SSSR count). The Balaban J connectivity index is 0.00000181. The van der Waals surface area contributed by atoms with Crippen molar-refractivity contribution in [2.24, 2.45) is 0 Å². The lowest BCUT2D eigenvalue weighted by Gasteiger charge is -2.13. The smallest absolute Gasteiger partial charge is 0.194 e. The summed E-state index contributed by atoms with van der Waals surface area (Å²) in [7, 11) is 0. The Bertz CT molecular complexity index is 1550. The molecule has 0 aliphatic rings. The van der Waals surface area contributed by atoms with Crippen molar-refractivity contribution in [3.05, 3.63) is 101 Å². The molecule has 9 heteroatoms. The molecule has 1 aromatic carbocycles. The number of pyridine rings is 2. The Morgan fingerprint density at radius 1 is 1.02 bits per heavy atom. The van der Waals surface area contributed by atoms with Crippen LogP contribution in [0.4, 0.5) is 10.9 Å². The molecule has 0 fully saturated rings. The van der Waals surface area contributed by atoms with Crippen LogP contribution in [-0.4, -0.2) is 19.9 Å². The van der Waals surface area contributed by atoms with Crippen molar-refractivity contribution in [1.29, 1.82) is 0 Å². The van der Waals surface area contributed by atoms with E-state index in [0.29, 0.717) is 18.0 Å². The number of nitrogens with one attached hydrogen (secondary N) is 1. The number of hydrogen-bond acceptors (Lipinski definition) is 9. The Hall–Kier alpha value is -3.95. The van der Waals surface area contributed by atoms with Gasteiger partial charge in [0.05, 0.1) is 17.6 Å². The van der Waals surface area contributed by atoms with Crippen molar-refractivity contribution in [3.63, 3.8) is 0 Å². The van der Waals surface area contributed by atoms with Gasteiger partial charge in [0.1, 0.15) is 11.5 Å². The number of oxazole rings is 1. The Morgan fingerprint density at radius 3 is 2.60 bits per heavy atom. The predicted octanol–water partition coefficient (Wildman–Crippen LogP) is 9.07. The highest BCUT2D eigenvalue weighted by atomic mass is 32.2. The lowest BCUT2D eigenvalue weighted by atomic mass is 10.2. The number of nitrogens with zero attached hydrogens (tertiary/aromatic N) is 4. The molecule has 4 aromatic heterocycles. The fourth-order valence-corrected chi connectivity index (χ4v) is 5.35. The standard InChI is InChI=1S/C29H27N5O2S2.C2H6/c1-4-8-24-20(3)26(13-14-30-24)38-23-15-25(36-22-9-6-5-7-10-22)28(32-17-23)34-29-33-21(18-37-29)11-12-27-31-16-19(2)35-27;1-2/h4-10,13-18H,11-12H2,1-3H3,(H,32,33,34);1-2H3/b8-4-;. The molecule has 0 amide bonds. The first kappa shape index (κ1) is 29.0. The summed E-state index contributed by atoms with van der Waals surface area (Å²) in [6.07, 6.45) is 10.9. The third-order valence-electron chi connectivity index (χ3n) is 5.59. The van der Waals surface area contributed by atoms with Crippen molar-refractivity contribution < 1.29 is 9.15 Å². The molecule has 0 bridgehead atoms. The van der Waals surface area contributed by atoms with Crippen molar-refractivity contribution in [2.45, 2.75) is 57.3 Å². The number of aryl methyl sites for hydroxylation is 3. The monoisotopic (exact) mass is 571 g/mol. The Kier molecular flexibility index (Phi) is 10.5. The van der Waals surface area contributed by atoms with E-state index in [4.69, 9.17) is 19.1 Å². The van der Waals surface area contributed by atoms with Crippen LogP contribution in [0.25, 0.3) is 6.08 Å². The first-order valence-corrected chi connectivity index (χ1v) is 14.9.